The highest BCUT2D eigenvalue weighted by Gasteiger charge is 2.15. The maximum Gasteiger partial charge on any atom is 0.237 e. The SMILES string of the molecule is CC(NC(=O)[C@H](C)N)c1ccccc1-n1cccn1. The summed E-state index contributed by atoms with van der Waals surface area (Å²) in [6.45, 7) is 3.60. The van der Waals surface area contributed by atoms with Crippen LogP contribution in [0.5, 0.6) is 0 Å². The van der Waals surface area contributed by atoms with Crippen LogP contribution < -0.4 is 11.1 Å². The minimum absolute atomic E-state index is 0.126. The molecule has 2 atom stereocenters. The van der Waals surface area contributed by atoms with E-state index < -0.39 is 6.04 Å². The van der Waals surface area contributed by atoms with Crippen LogP contribution in [0.15, 0.2) is 42.7 Å². The number of carbonyl (C=O) groups excluding carboxylic acids is 1. The van der Waals surface area contributed by atoms with Crippen LogP contribution in [0, 0.1) is 0 Å². The summed E-state index contributed by atoms with van der Waals surface area (Å²) in [6.07, 6.45) is 3.60. The van der Waals surface area contributed by atoms with E-state index in [1.54, 1.807) is 17.8 Å². The zero-order chi connectivity index (χ0) is 13.8. The van der Waals surface area contributed by atoms with Crippen molar-refractivity contribution < 1.29 is 4.79 Å². The van der Waals surface area contributed by atoms with Crippen LogP contribution in [0.2, 0.25) is 0 Å². The fraction of sp³-hybridized carbons (Fsp3) is 0.286. The molecule has 1 amide bonds. The predicted molar refractivity (Wildman–Crippen MR) is 73.8 cm³/mol. The minimum atomic E-state index is -0.515. The molecule has 0 aliphatic rings. The molecule has 0 saturated heterocycles. The number of para-hydroxylation sites is 1. The van der Waals surface area contributed by atoms with Crippen molar-refractivity contribution in [1.82, 2.24) is 15.1 Å². The Balaban J connectivity index is 2.27. The molecule has 5 nitrogen and oxygen atoms in total. The van der Waals surface area contributed by atoms with E-state index in [1.807, 2.05) is 43.5 Å². The number of amides is 1. The molecule has 5 heteroatoms. The Morgan fingerprint density at radius 1 is 1.32 bits per heavy atom. The van der Waals surface area contributed by atoms with E-state index in [2.05, 4.69) is 10.4 Å². The van der Waals surface area contributed by atoms with Gasteiger partial charge in [-0.1, -0.05) is 18.2 Å². The molecule has 2 rings (SSSR count). The van der Waals surface area contributed by atoms with Crippen molar-refractivity contribution in [1.29, 1.82) is 0 Å². The summed E-state index contributed by atoms with van der Waals surface area (Å²) in [5, 5.41) is 7.12. The number of rotatable bonds is 4. The van der Waals surface area contributed by atoms with Gasteiger partial charge < -0.3 is 11.1 Å². The Morgan fingerprint density at radius 3 is 2.68 bits per heavy atom. The van der Waals surface area contributed by atoms with Gasteiger partial charge in [-0.25, -0.2) is 4.68 Å². The van der Waals surface area contributed by atoms with E-state index in [4.69, 9.17) is 5.73 Å². The van der Waals surface area contributed by atoms with Crippen LogP contribution in [0.4, 0.5) is 0 Å². The number of aromatic nitrogens is 2. The normalized spacial score (nSPS) is 13.8. The number of nitrogens with one attached hydrogen (secondary N) is 1. The van der Waals surface area contributed by atoms with Gasteiger partial charge in [0.25, 0.3) is 0 Å². The topological polar surface area (TPSA) is 72.9 Å². The average Bonchev–Trinajstić information content (AvgIpc) is 2.92. The summed E-state index contributed by atoms with van der Waals surface area (Å²) >= 11 is 0. The number of nitrogens with zero attached hydrogens (tertiary/aromatic N) is 2. The number of hydrogen-bond donors (Lipinski definition) is 2. The Morgan fingerprint density at radius 2 is 2.05 bits per heavy atom. The summed E-state index contributed by atoms with van der Waals surface area (Å²) in [7, 11) is 0. The summed E-state index contributed by atoms with van der Waals surface area (Å²) in [4.78, 5) is 11.7. The minimum Gasteiger partial charge on any atom is -0.348 e. The molecular formula is C14H18N4O. The maximum atomic E-state index is 11.7. The molecule has 0 aliphatic heterocycles. The second-order valence-corrected chi connectivity index (χ2v) is 4.53. The fourth-order valence-corrected chi connectivity index (χ4v) is 1.90. The highest BCUT2D eigenvalue weighted by molar-refractivity contribution is 5.81. The van der Waals surface area contributed by atoms with Gasteiger partial charge in [0.1, 0.15) is 0 Å². The Bertz CT molecular complexity index is 548. The first kappa shape index (κ1) is 13.3. The van der Waals surface area contributed by atoms with Gasteiger partial charge in [0.05, 0.1) is 17.8 Å². The highest BCUT2D eigenvalue weighted by Crippen LogP contribution is 2.20. The summed E-state index contributed by atoms with van der Waals surface area (Å²) in [5.41, 5.74) is 7.51. The molecule has 0 fully saturated rings. The maximum absolute atomic E-state index is 11.7. The van der Waals surface area contributed by atoms with Gasteiger partial charge in [-0.2, -0.15) is 5.10 Å². The van der Waals surface area contributed by atoms with Gasteiger partial charge in [-0.15, -0.1) is 0 Å². The van der Waals surface area contributed by atoms with Gasteiger partial charge in [-0.05, 0) is 31.5 Å². The van der Waals surface area contributed by atoms with Crippen molar-refractivity contribution in [2.45, 2.75) is 25.9 Å². The third-order valence-corrected chi connectivity index (χ3v) is 2.93. The number of carbonyl (C=O) groups is 1. The van der Waals surface area contributed by atoms with Crippen LogP contribution in [0.1, 0.15) is 25.5 Å². The molecule has 1 aromatic heterocycles. The largest absolute Gasteiger partial charge is 0.348 e. The lowest BCUT2D eigenvalue weighted by Crippen LogP contribution is -2.39. The molecule has 100 valence electrons. The first-order chi connectivity index (χ1) is 9.09. The first-order valence-electron chi connectivity index (χ1n) is 6.24. The molecule has 0 spiro atoms. The number of hydrogen-bond acceptors (Lipinski definition) is 3. The average molecular weight is 258 g/mol. The monoisotopic (exact) mass is 258 g/mol. The van der Waals surface area contributed by atoms with Crippen LogP contribution in [-0.4, -0.2) is 21.7 Å². The van der Waals surface area contributed by atoms with Crippen molar-refractivity contribution in [2.75, 3.05) is 0 Å². The second kappa shape index (κ2) is 5.67. The number of nitrogens with two attached hydrogens (primary N) is 1. The van der Waals surface area contributed by atoms with Crippen LogP contribution in [0.3, 0.4) is 0 Å². The highest BCUT2D eigenvalue weighted by atomic mass is 16.2. The quantitative estimate of drug-likeness (QED) is 0.870. The van der Waals surface area contributed by atoms with Gasteiger partial charge >= 0.3 is 0 Å². The molecule has 1 aromatic carbocycles. The van der Waals surface area contributed by atoms with E-state index in [-0.39, 0.29) is 11.9 Å². The lowest BCUT2D eigenvalue weighted by molar-refractivity contribution is -0.122. The van der Waals surface area contributed by atoms with Gasteiger partial charge in [0.15, 0.2) is 0 Å². The van der Waals surface area contributed by atoms with E-state index in [0.717, 1.165) is 11.3 Å². The Labute approximate surface area is 112 Å². The Hall–Kier alpha value is -2.14. The van der Waals surface area contributed by atoms with Crippen molar-refractivity contribution in [2.24, 2.45) is 5.73 Å². The smallest absolute Gasteiger partial charge is 0.237 e. The third-order valence-electron chi connectivity index (χ3n) is 2.93. The zero-order valence-corrected chi connectivity index (χ0v) is 11.1. The molecule has 19 heavy (non-hydrogen) atoms. The third kappa shape index (κ3) is 3.00. The predicted octanol–water partition coefficient (Wildman–Crippen LogP) is 1.40. The molecule has 2 aromatic rings. The van der Waals surface area contributed by atoms with Crippen molar-refractivity contribution >= 4 is 5.91 Å². The molecule has 1 heterocycles. The number of benzene rings is 1. The van der Waals surface area contributed by atoms with Gasteiger partial charge in [0.2, 0.25) is 5.91 Å². The van der Waals surface area contributed by atoms with Gasteiger partial charge in [0, 0.05) is 12.4 Å². The van der Waals surface area contributed by atoms with Crippen molar-refractivity contribution in [3.8, 4) is 5.69 Å². The lowest BCUT2D eigenvalue weighted by Gasteiger charge is -2.19. The summed E-state index contributed by atoms with van der Waals surface area (Å²) in [6, 6.07) is 9.05. The molecule has 1 unspecified atom stereocenters. The van der Waals surface area contributed by atoms with E-state index in [9.17, 15) is 4.79 Å². The lowest BCUT2D eigenvalue weighted by atomic mass is 10.1. The standard InChI is InChI=1S/C14H18N4O/c1-10(15)14(19)17-11(2)12-6-3-4-7-13(12)18-9-5-8-16-18/h3-11H,15H2,1-2H3,(H,17,19)/t10-,11?/m0/s1. The van der Waals surface area contributed by atoms with E-state index in [1.165, 1.54) is 0 Å². The fourth-order valence-electron chi connectivity index (χ4n) is 1.90. The molecule has 0 aliphatic carbocycles. The summed E-state index contributed by atoms with van der Waals surface area (Å²) in [5.74, 6) is -0.164. The molecule has 0 saturated carbocycles. The van der Waals surface area contributed by atoms with Crippen molar-refractivity contribution in [3.05, 3.63) is 48.3 Å². The zero-order valence-electron chi connectivity index (χ0n) is 11.1. The van der Waals surface area contributed by atoms with Gasteiger partial charge in [-0.3, -0.25) is 4.79 Å². The van der Waals surface area contributed by atoms with E-state index >= 15 is 0 Å². The van der Waals surface area contributed by atoms with Crippen LogP contribution >= 0.6 is 0 Å². The van der Waals surface area contributed by atoms with Crippen molar-refractivity contribution in [3.63, 3.8) is 0 Å². The molecule has 3 N–H and O–H groups in total. The molecule has 0 bridgehead atoms. The summed E-state index contributed by atoms with van der Waals surface area (Å²) < 4.78 is 1.78. The molecular weight excluding hydrogens is 240 g/mol. The van der Waals surface area contributed by atoms with E-state index in [0.29, 0.717) is 0 Å². The van der Waals surface area contributed by atoms with Crippen LogP contribution in [0.25, 0.3) is 5.69 Å². The second-order valence-electron chi connectivity index (χ2n) is 4.53. The first-order valence-corrected chi connectivity index (χ1v) is 6.24. The van der Waals surface area contributed by atoms with Crippen LogP contribution in [-0.2, 0) is 4.79 Å². The molecule has 0 radical (unpaired) electrons. The Kier molecular flexibility index (Phi) is 3.97.